The van der Waals surface area contributed by atoms with Crippen LogP contribution in [-0.2, 0) is 20.9 Å². The molecule has 1 aromatic heterocycles. The molecule has 0 spiro atoms. The van der Waals surface area contributed by atoms with E-state index in [0.29, 0.717) is 35.0 Å². The van der Waals surface area contributed by atoms with Crippen LogP contribution in [0.4, 0.5) is 5.69 Å². The Morgan fingerprint density at radius 1 is 1.42 bits per heavy atom. The Morgan fingerprint density at radius 3 is 2.92 bits per heavy atom. The number of fused-ring (bicyclic) bond motifs is 3. The monoisotopic (exact) mass is 349 g/mol. The van der Waals surface area contributed by atoms with Crippen molar-refractivity contribution >= 4 is 29.2 Å². The average molecular weight is 350 g/mol. The first-order valence-corrected chi connectivity index (χ1v) is 7.79. The van der Waals surface area contributed by atoms with E-state index in [1.807, 2.05) is 6.92 Å². The third-order valence-corrected chi connectivity index (χ3v) is 4.22. The molecule has 0 radical (unpaired) electrons. The molecule has 8 heteroatoms. The number of hydrogen-bond acceptors (Lipinski definition) is 5. The number of hydrogen-bond donors (Lipinski definition) is 1. The first kappa shape index (κ1) is 16.3. The van der Waals surface area contributed by atoms with Crippen LogP contribution in [0.2, 0.25) is 5.02 Å². The van der Waals surface area contributed by atoms with Crippen molar-refractivity contribution < 1.29 is 19.1 Å². The topological polar surface area (TPSA) is 84.5 Å². The minimum absolute atomic E-state index is 0.0117. The van der Waals surface area contributed by atoms with Crippen molar-refractivity contribution in [2.75, 3.05) is 18.6 Å². The molecule has 0 saturated heterocycles. The molecule has 3 rings (SSSR count). The number of aromatic amines is 1. The maximum Gasteiger partial charge on any atom is 0.343 e. The molecule has 0 bridgehead atoms. The summed E-state index contributed by atoms with van der Waals surface area (Å²) in [5.41, 5.74) is 2.95. The largest absolute Gasteiger partial charge is 0.480 e. The van der Waals surface area contributed by atoms with E-state index in [1.54, 1.807) is 23.2 Å². The quantitative estimate of drug-likeness (QED) is 0.857. The molecule has 1 N–H and O–H groups in total. The maximum absolute atomic E-state index is 12.3. The highest BCUT2D eigenvalue weighted by Gasteiger charge is 2.30. The van der Waals surface area contributed by atoms with E-state index in [0.717, 1.165) is 11.3 Å². The lowest BCUT2D eigenvalue weighted by atomic mass is 9.99. The molecule has 0 atom stereocenters. The molecule has 0 unspecified atom stereocenters. The number of esters is 1. The molecular formula is C16H16ClN3O4. The third kappa shape index (κ3) is 2.71. The number of ether oxygens (including phenoxy) is 2. The van der Waals surface area contributed by atoms with Gasteiger partial charge in [0.05, 0.1) is 36.3 Å². The minimum Gasteiger partial charge on any atom is -0.480 e. The highest BCUT2D eigenvalue weighted by molar-refractivity contribution is 6.36. The van der Waals surface area contributed by atoms with Gasteiger partial charge in [-0.3, -0.25) is 9.89 Å². The highest BCUT2D eigenvalue weighted by Crippen LogP contribution is 2.46. The number of rotatable bonds is 4. The van der Waals surface area contributed by atoms with E-state index in [-0.39, 0.29) is 12.5 Å². The van der Waals surface area contributed by atoms with Gasteiger partial charge in [0.25, 0.3) is 0 Å². The van der Waals surface area contributed by atoms with Crippen molar-refractivity contribution in [1.29, 1.82) is 0 Å². The van der Waals surface area contributed by atoms with Crippen molar-refractivity contribution in [3.05, 3.63) is 28.9 Å². The average Bonchev–Trinajstić information content (AvgIpc) is 3.07. The summed E-state index contributed by atoms with van der Waals surface area (Å²) in [7, 11) is 1.28. The molecule has 126 valence electrons. The first-order chi connectivity index (χ1) is 11.6. The molecule has 24 heavy (non-hydrogen) atoms. The number of aromatic nitrogens is 2. The van der Waals surface area contributed by atoms with Gasteiger partial charge >= 0.3 is 5.97 Å². The number of methoxy groups -OCH3 is 1. The second-order valence-electron chi connectivity index (χ2n) is 5.24. The zero-order chi connectivity index (χ0) is 17.3. The van der Waals surface area contributed by atoms with Gasteiger partial charge in [0.2, 0.25) is 5.91 Å². The Kier molecular flexibility index (Phi) is 4.44. The number of anilines is 1. The summed E-state index contributed by atoms with van der Waals surface area (Å²) in [6.07, 6.45) is 2.05. The maximum atomic E-state index is 12.3. The van der Waals surface area contributed by atoms with E-state index in [1.165, 1.54) is 7.11 Å². The lowest BCUT2D eigenvalue weighted by molar-refractivity contribution is -0.142. The Hall–Kier alpha value is -2.54. The third-order valence-electron chi connectivity index (χ3n) is 3.85. The number of carbonyl (C=O) groups is 2. The van der Waals surface area contributed by atoms with E-state index in [9.17, 15) is 9.59 Å². The summed E-state index contributed by atoms with van der Waals surface area (Å²) in [4.78, 5) is 25.2. The first-order valence-electron chi connectivity index (χ1n) is 7.41. The minimum atomic E-state index is -0.506. The SMILES string of the molecule is CCC(=O)N1Cc2cn[nH]c2-c2c1ccc(OCC(=O)OC)c2Cl. The van der Waals surface area contributed by atoms with Gasteiger partial charge < -0.3 is 14.4 Å². The summed E-state index contributed by atoms with van der Waals surface area (Å²) in [5.74, 6) is -0.177. The number of benzene rings is 1. The Balaban J connectivity index is 2.05. The zero-order valence-electron chi connectivity index (χ0n) is 13.3. The highest BCUT2D eigenvalue weighted by atomic mass is 35.5. The molecule has 1 aliphatic heterocycles. The predicted molar refractivity (Wildman–Crippen MR) is 88.0 cm³/mol. The molecule has 1 amide bonds. The fraction of sp³-hybridized carbons (Fsp3) is 0.312. The number of amides is 1. The molecule has 0 aliphatic carbocycles. The van der Waals surface area contributed by atoms with E-state index >= 15 is 0 Å². The molecule has 1 aliphatic rings. The van der Waals surface area contributed by atoms with E-state index < -0.39 is 5.97 Å². The summed E-state index contributed by atoms with van der Waals surface area (Å²) in [5, 5.41) is 7.28. The molecule has 1 aromatic carbocycles. The van der Waals surface area contributed by atoms with Crippen LogP contribution in [0, 0.1) is 0 Å². The lowest BCUT2D eigenvalue weighted by Crippen LogP contribution is -2.32. The zero-order valence-corrected chi connectivity index (χ0v) is 14.0. The van der Waals surface area contributed by atoms with Gasteiger partial charge in [0.1, 0.15) is 5.75 Å². The fourth-order valence-corrected chi connectivity index (χ4v) is 2.94. The molecule has 2 heterocycles. The van der Waals surface area contributed by atoms with Crippen molar-refractivity contribution in [1.82, 2.24) is 10.2 Å². The lowest BCUT2D eigenvalue weighted by Gasteiger charge is -2.30. The van der Waals surface area contributed by atoms with Crippen LogP contribution in [-0.4, -0.2) is 35.8 Å². The summed E-state index contributed by atoms with van der Waals surface area (Å²) < 4.78 is 9.98. The van der Waals surface area contributed by atoms with Gasteiger partial charge in [-0.15, -0.1) is 0 Å². The summed E-state index contributed by atoms with van der Waals surface area (Å²) in [6, 6.07) is 3.40. The summed E-state index contributed by atoms with van der Waals surface area (Å²) >= 11 is 6.49. The smallest absolute Gasteiger partial charge is 0.343 e. The van der Waals surface area contributed by atoms with Crippen LogP contribution < -0.4 is 9.64 Å². The number of H-pyrrole nitrogens is 1. The number of carbonyl (C=O) groups excluding carboxylic acids is 2. The Morgan fingerprint density at radius 2 is 2.21 bits per heavy atom. The van der Waals surface area contributed by atoms with Gasteiger partial charge in [0, 0.05) is 17.5 Å². The van der Waals surface area contributed by atoms with Gasteiger partial charge in [0.15, 0.2) is 6.61 Å². The Labute approximate surface area is 143 Å². The molecule has 0 saturated carbocycles. The summed E-state index contributed by atoms with van der Waals surface area (Å²) in [6.45, 7) is 2.00. The second-order valence-corrected chi connectivity index (χ2v) is 5.62. The van der Waals surface area contributed by atoms with Crippen LogP contribution in [0.5, 0.6) is 5.75 Å². The standard InChI is InChI=1S/C16H16ClN3O4/c1-3-12(21)20-7-9-6-18-19-16(9)14-10(20)4-5-11(15(14)17)24-8-13(22)23-2/h4-6H,3,7-8H2,1-2H3,(H,18,19). The van der Waals surface area contributed by atoms with E-state index in [2.05, 4.69) is 14.9 Å². The van der Waals surface area contributed by atoms with Crippen LogP contribution in [0.15, 0.2) is 18.3 Å². The van der Waals surface area contributed by atoms with Crippen LogP contribution in [0.25, 0.3) is 11.3 Å². The van der Waals surface area contributed by atoms with Crippen molar-refractivity contribution in [3.63, 3.8) is 0 Å². The predicted octanol–water partition coefficient (Wildman–Crippen LogP) is 2.54. The van der Waals surface area contributed by atoms with Crippen LogP contribution >= 0.6 is 11.6 Å². The van der Waals surface area contributed by atoms with Gasteiger partial charge in [-0.2, -0.15) is 5.10 Å². The molecule has 2 aromatic rings. The molecular weight excluding hydrogens is 334 g/mol. The second kappa shape index (κ2) is 6.52. The van der Waals surface area contributed by atoms with E-state index in [4.69, 9.17) is 16.3 Å². The van der Waals surface area contributed by atoms with Gasteiger partial charge in [-0.25, -0.2) is 4.79 Å². The number of nitrogens with zero attached hydrogens (tertiary/aromatic N) is 2. The van der Waals surface area contributed by atoms with Crippen LogP contribution in [0.3, 0.4) is 0 Å². The van der Waals surface area contributed by atoms with Gasteiger partial charge in [-0.05, 0) is 12.1 Å². The normalized spacial score (nSPS) is 12.4. The van der Waals surface area contributed by atoms with Crippen molar-refractivity contribution in [2.24, 2.45) is 0 Å². The van der Waals surface area contributed by atoms with Crippen molar-refractivity contribution in [2.45, 2.75) is 19.9 Å². The van der Waals surface area contributed by atoms with Gasteiger partial charge in [-0.1, -0.05) is 18.5 Å². The van der Waals surface area contributed by atoms with Crippen LogP contribution in [0.1, 0.15) is 18.9 Å². The number of nitrogens with one attached hydrogen (secondary N) is 1. The molecule has 7 nitrogen and oxygen atoms in total. The Bertz CT molecular complexity index is 803. The van der Waals surface area contributed by atoms with Crippen molar-refractivity contribution in [3.8, 4) is 17.0 Å². The number of halogens is 1. The molecule has 0 fully saturated rings. The fourth-order valence-electron chi connectivity index (χ4n) is 2.63.